The third kappa shape index (κ3) is 39.9. The molecule has 0 N–H and O–H groups in total. The molecule has 0 saturated carbocycles. The highest BCUT2D eigenvalue weighted by Gasteiger charge is 2.15. The van der Waals surface area contributed by atoms with Gasteiger partial charge in [-0.25, -0.2) is 0 Å². The third-order valence-corrected chi connectivity index (χ3v) is 13.4. The molecule has 7 heteroatoms. The van der Waals surface area contributed by atoms with Crippen molar-refractivity contribution in [3.63, 3.8) is 0 Å². The smallest absolute Gasteiger partial charge is 0.305 e. The van der Waals surface area contributed by atoms with Gasteiger partial charge in [0.25, 0.3) is 0 Å². The van der Waals surface area contributed by atoms with E-state index in [0.717, 1.165) is 122 Å². The fraction of sp³-hybridized carbons (Fsp3) is 0.945. The Morgan fingerprint density at radius 3 is 1.03 bits per heavy atom. The number of amides is 1. The van der Waals surface area contributed by atoms with Crippen molar-refractivity contribution in [1.82, 2.24) is 9.80 Å². The van der Waals surface area contributed by atoms with E-state index in [1.54, 1.807) is 0 Å². The SMILES string of the molecule is CCCCCCC(CCCCCC)CCCOC(=O)CCCCCCCN(CCCCCCCC(=O)OCCCC(CCCCCC)CCCCCC)C(=O)CCN(CC)CC. The maximum atomic E-state index is 13.3. The van der Waals surface area contributed by atoms with Gasteiger partial charge in [0.15, 0.2) is 0 Å². The monoisotopic (exact) mass is 877 g/mol. The van der Waals surface area contributed by atoms with Gasteiger partial charge in [-0.3, -0.25) is 14.4 Å². The molecular formula is C55H108N2O5. The van der Waals surface area contributed by atoms with E-state index in [-0.39, 0.29) is 17.8 Å². The van der Waals surface area contributed by atoms with E-state index in [0.29, 0.717) is 32.5 Å². The summed E-state index contributed by atoms with van der Waals surface area (Å²) >= 11 is 0. The number of carbonyl (C=O) groups excluding carboxylic acids is 3. The number of hydrogen-bond acceptors (Lipinski definition) is 6. The Hall–Kier alpha value is -1.63. The number of hydrogen-bond donors (Lipinski definition) is 0. The fourth-order valence-corrected chi connectivity index (χ4v) is 9.08. The Balaban J connectivity index is 4.38. The molecule has 0 bridgehead atoms. The van der Waals surface area contributed by atoms with E-state index < -0.39 is 0 Å². The lowest BCUT2D eigenvalue weighted by atomic mass is 9.91. The number of esters is 2. The standard InChI is InChI=1S/C55H108N2O5/c1-7-13-17-27-37-51(38-28-18-14-8-2)41-35-49-61-54(59)43-31-23-21-25-33-46-57(53(58)45-48-56(11-5)12-6)47-34-26-22-24-32-44-55(60)62-50-36-42-52(39-29-19-15-9-3)40-30-20-16-10-4/h51-52H,7-50H2,1-6H3. The average molecular weight is 877 g/mol. The third-order valence-electron chi connectivity index (χ3n) is 13.4. The molecule has 0 aliphatic rings. The fourth-order valence-electron chi connectivity index (χ4n) is 9.08. The number of ether oxygens (including phenoxy) is 2. The molecule has 0 saturated heterocycles. The summed E-state index contributed by atoms with van der Waals surface area (Å²) < 4.78 is 11.3. The van der Waals surface area contributed by atoms with Gasteiger partial charge >= 0.3 is 11.9 Å². The molecule has 0 fully saturated rings. The molecule has 0 atom stereocenters. The molecule has 7 nitrogen and oxygen atoms in total. The predicted molar refractivity (Wildman–Crippen MR) is 267 cm³/mol. The second-order valence-electron chi connectivity index (χ2n) is 19.0. The van der Waals surface area contributed by atoms with Gasteiger partial charge in [0.05, 0.1) is 13.2 Å². The summed E-state index contributed by atoms with van der Waals surface area (Å²) in [5.41, 5.74) is 0. The van der Waals surface area contributed by atoms with Gasteiger partial charge in [-0.05, 0) is 76.3 Å². The molecule has 0 aromatic heterocycles. The predicted octanol–water partition coefficient (Wildman–Crippen LogP) is 16.0. The summed E-state index contributed by atoms with van der Waals surface area (Å²) in [7, 11) is 0. The van der Waals surface area contributed by atoms with Crippen molar-refractivity contribution in [2.45, 2.75) is 279 Å². The van der Waals surface area contributed by atoms with Crippen LogP contribution in [0.2, 0.25) is 0 Å². The van der Waals surface area contributed by atoms with E-state index in [1.807, 2.05) is 0 Å². The van der Waals surface area contributed by atoms with Crippen molar-refractivity contribution in [2.24, 2.45) is 11.8 Å². The van der Waals surface area contributed by atoms with Gasteiger partial charge in [0, 0.05) is 38.9 Å². The van der Waals surface area contributed by atoms with E-state index >= 15 is 0 Å². The van der Waals surface area contributed by atoms with Crippen LogP contribution in [0.4, 0.5) is 0 Å². The minimum Gasteiger partial charge on any atom is -0.466 e. The molecule has 0 aliphatic carbocycles. The highest BCUT2D eigenvalue weighted by molar-refractivity contribution is 5.76. The maximum Gasteiger partial charge on any atom is 0.305 e. The summed E-state index contributed by atoms with van der Waals surface area (Å²) in [6.45, 7) is 19.0. The van der Waals surface area contributed by atoms with Crippen molar-refractivity contribution in [1.29, 1.82) is 0 Å². The normalized spacial score (nSPS) is 11.6. The van der Waals surface area contributed by atoms with Crippen LogP contribution in [0.5, 0.6) is 0 Å². The first-order valence-corrected chi connectivity index (χ1v) is 27.7. The van der Waals surface area contributed by atoms with Crippen LogP contribution in [-0.2, 0) is 23.9 Å². The van der Waals surface area contributed by atoms with E-state index in [2.05, 4.69) is 51.3 Å². The molecule has 0 heterocycles. The molecule has 0 rings (SSSR count). The van der Waals surface area contributed by atoms with Gasteiger partial charge in [-0.1, -0.05) is 208 Å². The second kappa shape index (κ2) is 47.3. The molecule has 0 aromatic carbocycles. The minimum absolute atomic E-state index is 0.0344. The van der Waals surface area contributed by atoms with Gasteiger partial charge in [0.2, 0.25) is 5.91 Å². The lowest BCUT2D eigenvalue weighted by molar-refractivity contribution is -0.144. The van der Waals surface area contributed by atoms with Crippen molar-refractivity contribution in [2.75, 3.05) is 45.9 Å². The summed E-state index contributed by atoms with van der Waals surface area (Å²) in [5, 5.41) is 0. The van der Waals surface area contributed by atoms with E-state index in [4.69, 9.17) is 9.47 Å². The van der Waals surface area contributed by atoms with Gasteiger partial charge in [0.1, 0.15) is 0 Å². The molecule has 0 aromatic rings. The van der Waals surface area contributed by atoms with Crippen LogP contribution in [0.1, 0.15) is 279 Å². The van der Waals surface area contributed by atoms with Gasteiger partial charge in [-0.2, -0.15) is 0 Å². The molecule has 0 aliphatic heterocycles. The topological polar surface area (TPSA) is 76.1 Å². The molecule has 368 valence electrons. The van der Waals surface area contributed by atoms with Crippen molar-refractivity contribution >= 4 is 17.8 Å². The summed E-state index contributed by atoms with van der Waals surface area (Å²) in [6.07, 6.45) is 42.9. The zero-order valence-electron chi connectivity index (χ0n) is 42.7. The maximum absolute atomic E-state index is 13.3. The van der Waals surface area contributed by atoms with Crippen LogP contribution < -0.4 is 0 Å². The molecule has 0 radical (unpaired) electrons. The lowest BCUT2D eigenvalue weighted by Gasteiger charge is -2.25. The number of nitrogens with zero attached hydrogens (tertiary/aromatic N) is 2. The first-order chi connectivity index (χ1) is 30.3. The van der Waals surface area contributed by atoms with Gasteiger partial charge < -0.3 is 19.3 Å². The van der Waals surface area contributed by atoms with E-state index in [9.17, 15) is 14.4 Å². The Morgan fingerprint density at radius 1 is 0.355 bits per heavy atom. The Bertz CT molecular complexity index is 885. The highest BCUT2D eigenvalue weighted by Crippen LogP contribution is 2.24. The minimum atomic E-state index is -0.0344. The van der Waals surface area contributed by atoms with E-state index in [1.165, 1.54) is 141 Å². The van der Waals surface area contributed by atoms with Gasteiger partial charge in [-0.15, -0.1) is 0 Å². The number of rotatable bonds is 49. The largest absolute Gasteiger partial charge is 0.466 e. The Labute approximate surface area is 387 Å². The zero-order valence-corrected chi connectivity index (χ0v) is 42.7. The molecule has 62 heavy (non-hydrogen) atoms. The Kier molecular flexibility index (Phi) is 46.1. The average Bonchev–Trinajstić information content (AvgIpc) is 3.27. The Morgan fingerprint density at radius 2 is 0.677 bits per heavy atom. The summed E-state index contributed by atoms with van der Waals surface area (Å²) in [5.74, 6) is 1.79. The van der Waals surface area contributed by atoms with Crippen LogP contribution in [0.3, 0.4) is 0 Å². The molecule has 1 amide bonds. The highest BCUT2D eigenvalue weighted by atomic mass is 16.5. The van der Waals surface area contributed by atoms with Crippen molar-refractivity contribution < 1.29 is 23.9 Å². The first-order valence-electron chi connectivity index (χ1n) is 27.7. The quantitative estimate of drug-likeness (QED) is 0.0448. The zero-order chi connectivity index (χ0) is 45.6. The molecule has 0 unspecified atom stereocenters. The van der Waals surface area contributed by atoms with Crippen molar-refractivity contribution in [3.05, 3.63) is 0 Å². The first kappa shape index (κ1) is 60.4. The van der Waals surface area contributed by atoms with Crippen molar-refractivity contribution in [3.8, 4) is 0 Å². The molecular weight excluding hydrogens is 769 g/mol. The number of unbranched alkanes of at least 4 members (excludes halogenated alkanes) is 20. The summed E-state index contributed by atoms with van der Waals surface area (Å²) in [6, 6.07) is 0. The second-order valence-corrected chi connectivity index (χ2v) is 19.0. The van der Waals surface area contributed by atoms with Crippen LogP contribution in [-0.4, -0.2) is 73.6 Å². The lowest BCUT2D eigenvalue weighted by Crippen LogP contribution is -2.36. The van der Waals surface area contributed by atoms with Crippen LogP contribution >= 0.6 is 0 Å². The molecule has 0 spiro atoms. The summed E-state index contributed by atoms with van der Waals surface area (Å²) in [4.78, 5) is 42.7. The van der Waals surface area contributed by atoms with Crippen LogP contribution in [0.25, 0.3) is 0 Å². The van der Waals surface area contributed by atoms with Crippen LogP contribution in [0, 0.1) is 11.8 Å². The number of carbonyl (C=O) groups is 3. The van der Waals surface area contributed by atoms with Crippen LogP contribution in [0.15, 0.2) is 0 Å².